The maximum atomic E-state index is 11.6. The molecular weight excluding hydrogens is 228 g/mol. The van der Waals surface area contributed by atoms with Gasteiger partial charge in [-0.1, -0.05) is 43.7 Å². The highest BCUT2D eigenvalue weighted by Crippen LogP contribution is 1.99. The molecule has 0 aliphatic heterocycles. The van der Waals surface area contributed by atoms with Gasteiger partial charge in [0, 0.05) is 6.54 Å². The van der Waals surface area contributed by atoms with Crippen LogP contribution in [0.1, 0.15) is 32.3 Å². The second-order valence-corrected chi connectivity index (χ2v) is 4.26. The molecule has 0 saturated heterocycles. The van der Waals surface area contributed by atoms with Gasteiger partial charge in [0.15, 0.2) is 0 Å². The van der Waals surface area contributed by atoms with Gasteiger partial charge in [0.25, 0.3) is 0 Å². The van der Waals surface area contributed by atoms with Crippen LogP contribution in [0.15, 0.2) is 30.3 Å². The standard InChI is InChI=1S/C14H22N2O2/c1-3-4-10-15-14(17)12(2)16-18-11-13-8-6-5-7-9-13/h5-9,12,16H,3-4,10-11H2,1-2H3,(H,15,17). The van der Waals surface area contributed by atoms with Crippen molar-refractivity contribution in [1.29, 1.82) is 0 Å². The highest BCUT2D eigenvalue weighted by molar-refractivity contribution is 5.81. The summed E-state index contributed by atoms with van der Waals surface area (Å²) in [6.07, 6.45) is 2.08. The van der Waals surface area contributed by atoms with Crippen molar-refractivity contribution in [2.24, 2.45) is 0 Å². The van der Waals surface area contributed by atoms with E-state index in [0.29, 0.717) is 6.61 Å². The van der Waals surface area contributed by atoms with E-state index in [1.807, 2.05) is 30.3 Å². The van der Waals surface area contributed by atoms with Gasteiger partial charge in [0.2, 0.25) is 5.91 Å². The van der Waals surface area contributed by atoms with Crippen LogP contribution in [0, 0.1) is 0 Å². The zero-order valence-electron chi connectivity index (χ0n) is 11.1. The Balaban J connectivity index is 2.16. The number of benzene rings is 1. The summed E-state index contributed by atoms with van der Waals surface area (Å²) in [4.78, 5) is 16.9. The number of hydrogen-bond acceptors (Lipinski definition) is 3. The Morgan fingerprint density at radius 3 is 2.72 bits per heavy atom. The Hall–Kier alpha value is -1.39. The molecule has 1 atom stereocenters. The topological polar surface area (TPSA) is 50.4 Å². The first-order valence-corrected chi connectivity index (χ1v) is 6.43. The van der Waals surface area contributed by atoms with Gasteiger partial charge in [-0.25, -0.2) is 0 Å². The average molecular weight is 250 g/mol. The number of nitrogens with one attached hydrogen (secondary N) is 2. The molecule has 1 rings (SSSR count). The van der Waals surface area contributed by atoms with Gasteiger partial charge in [-0.3, -0.25) is 9.63 Å². The van der Waals surface area contributed by atoms with Crippen molar-refractivity contribution in [3.8, 4) is 0 Å². The van der Waals surface area contributed by atoms with Gasteiger partial charge in [0.05, 0.1) is 6.61 Å². The number of unbranched alkanes of at least 4 members (excludes halogenated alkanes) is 1. The summed E-state index contributed by atoms with van der Waals surface area (Å²) in [6.45, 7) is 5.05. The molecule has 1 amide bonds. The summed E-state index contributed by atoms with van der Waals surface area (Å²) in [5.41, 5.74) is 3.82. The highest BCUT2D eigenvalue weighted by Gasteiger charge is 2.11. The molecule has 0 aromatic heterocycles. The van der Waals surface area contributed by atoms with E-state index in [2.05, 4.69) is 17.7 Å². The molecule has 0 heterocycles. The van der Waals surface area contributed by atoms with Crippen molar-refractivity contribution in [2.75, 3.05) is 6.54 Å². The average Bonchev–Trinajstić information content (AvgIpc) is 2.40. The number of carbonyl (C=O) groups is 1. The van der Waals surface area contributed by atoms with Crippen molar-refractivity contribution >= 4 is 5.91 Å². The van der Waals surface area contributed by atoms with E-state index in [0.717, 1.165) is 24.9 Å². The second-order valence-electron chi connectivity index (χ2n) is 4.26. The molecule has 0 bridgehead atoms. The second kappa shape index (κ2) is 8.66. The van der Waals surface area contributed by atoms with Crippen LogP contribution in [0.2, 0.25) is 0 Å². The van der Waals surface area contributed by atoms with E-state index < -0.39 is 0 Å². The molecule has 4 nitrogen and oxygen atoms in total. The number of carbonyl (C=O) groups excluding carboxylic acids is 1. The zero-order valence-corrected chi connectivity index (χ0v) is 11.1. The number of hydroxylamine groups is 1. The Kier molecular flexibility index (Phi) is 7.06. The molecule has 0 fully saturated rings. The summed E-state index contributed by atoms with van der Waals surface area (Å²) in [5, 5.41) is 2.85. The van der Waals surface area contributed by atoms with Crippen LogP contribution in [-0.4, -0.2) is 18.5 Å². The highest BCUT2D eigenvalue weighted by atomic mass is 16.6. The lowest BCUT2D eigenvalue weighted by atomic mass is 10.2. The molecule has 0 radical (unpaired) electrons. The van der Waals surface area contributed by atoms with Gasteiger partial charge in [0.1, 0.15) is 6.04 Å². The molecule has 1 unspecified atom stereocenters. The van der Waals surface area contributed by atoms with Crippen LogP contribution in [0.25, 0.3) is 0 Å². The minimum Gasteiger partial charge on any atom is -0.355 e. The third kappa shape index (κ3) is 5.80. The smallest absolute Gasteiger partial charge is 0.239 e. The Morgan fingerprint density at radius 2 is 2.06 bits per heavy atom. The minimum absolute atomic E-state index is 0.0310. The van der Waals surface area contributed by atoms with E-state index >= 15 is 0 Å². The number of amides is 1. The minimum atomic E-state index is -0.342. The van der Waals surface area contributed by atoms with E-state index in [-0.39, 0.29) is 11.9 Å². The molecule has 1 aromatic rings. The lowest BCUT2D eigenvalue weighted by Crippen LogP contribution is -2.42. The largest absolute Gasteiger partial charge is 0.355 e. The van der Waals surface area contributed by atoms with Crippen molar-refractivity contribution in [3.63, 3.8) is 0 Å². The van der Waals surface area contributed by atoms with Crippen molar-refractivity contribution in [3.05, 3.63) is 35.9 Å². The normalized spacial score (nSPS) is 12.1. The number of hydrogen-bond donors (Lipinski definition) is 2. The van der Waals surface area contributed by atoms with Crippen LogP contribution in [0.3, 0.4) is 0 Å². The summed E-state index contributed by atoms with van der Waals surface area (Å²) < 4.78 is 0. The molecule has 2 N–H and O–H groups in total. The molecule has 0 aliphatic carbocycles. The summed E-state index contributed by atoms with van der Waals surface area (Å²) in [5.74, 6) is -0.0310. The molecule has 0 aliphatic rings. The first kappa shape index (κ1) is 14.7. The van der Waals surface area contributed by atoms with Gasteiger partial charge < -0.3 is 5.32 Å². The predicted molar refractivity (Wildman–Crippen MR) is 71.7 cm³/mol. The fraction of sp³-hybridized carbons (Fsp3) is 0.500. The van der Waals surface area contributed by atoms with Gasteiger partial charge >= 0.3 is 0 Å². The van der Waals surface area contributed by atoms with Gasteiger partial charge in [-0.15, -0.1) is 0 Å². The van der Waals surface area contributed by atoms with Crippen molar-refractivity contribution < 1.29 is 9.63 Å². The van der Waals surface area contributed by atoms with Crippen LogP contribution in [-0.2, 0) is 16.2 Å². The predicted octanol–water partition coefficient (Wildman–Crippen LogP) is 2.01. The van der Waals surface area contributed by atoms with Gasteiger partial charge in [-0.2, -0.15) is 5.48 Å². The van der Waals surface area contributed by atoms with Crippen LogP contribution in [0.5, 0.6) is 0 Å². The third-order valence-corrected chi connectivity index (χ3v) is 2.56. The van der Waals surface area contributed by atoms with Crippen molar-refractivity contribution in [1.82, 2.24) is 10.8 Å². The Morgan fingerprint density at radius 1 is 1.33 bits per heavy atom. The molecule has 0 spiro atoms. The molecule has 0 saturated carbocycles. The van der Waals surface area contributed by atoms with Crippen LogP contribution < -0.4 is 10.8 Å². The molecular formula is C14H22N2O2. The van der Waals surface area contributed by atoms with Gasteiger partial charge in [-0.05, 0) is 18.9 Å². The van der Waals surface area contributed by atoms with E-state index in [1.54, 1.807) is 6.92 Å². The monoisotopic (exact) mass is 250 g/mol. The SMILES string of the molecule is CCCCNC(=O)C(C)NOCc1ccccc1. The first-order chi connectivity index (χ1) is 8.74. The third-order valence-electron chi connectivity index (χ3n) is 2.56. The Labute approximate surface area is 109 Å². The number of rotatable bonds is 8. The van der Waals surface area contributed by atoms with E-state index in [9.17, 15) is 4.79 Å². The summed E-state index contributed by atoms with van der Waals surface area (Å²) in [7, 11) is 0. The van der Waals surface area contributed by atoms with E-state index in [4.69, 9.17) is 4.84 Å². The maximum Gasteiger partial charge on any atom is 0.239 e. The first-order valence-electron chi connectivity index (χ1n) is 6.43. The zero-order chi connectivity index (χ0) is 13.2. The molecule has 1 aromatic carbocycles. The molecule has 100 valence electrons. The summed E-state index contributed by atoms with van der Waals surface area (Å²) >= 11 is 0. The van der Waals surface area contributed by atoms with Crippen molar-refractivity contribution in [2.45, 2.75) is 39.3 Å². The Bertz CT molecular complexity index is 341. The molecule has 18 heavy (non-hydrogen) atoms. The van der Waals surface area contributed by atoms with Crippen LogP contribution in [0.4, 0.5) is 0 Å². The summed E-state index contributed by atoms with van der Waals surface area (Å²) in [6, 6.07) is 9.49. The quantitative estimate of drug-likeness (QED) is 0.548. The fourth-order valence-electron chi connectivity index (χ4n) is 1.42. The maximum absolute atomic E-state index is 11.6. The van der Waals surface area contributed by atoms with Crippen LogP contribution >= 0.6 is 0 Å². The van der Waals surface area contributed by atoms with E-state index in [1.165, 1.54) is 0 Å². The molecule has 4 heteroatoms. The fourth-order valence-corrected chi connectivity index (χ4v) is 1.42. The lowest BCUT2D eigenvalue weighted by molar-refractivity contribution is -0.127. The lowest BCUT2D eigenvalue weighted by Gasteiger charge is -2.13.